The van der Waals surface area contributed by atoms with Gasteiger partial charge in [-0.3, -0.25) is 4.99 Å². The second kappa shape index (κ2) is 14.2. The van der Waals surface area contributed by atoms with Crippen LogP contribution in [-0.4, -0.2) is 79.4 Å². The van der Waals surface area contributed by atoms with Gasteiger partial charge in [-0.25, -0.2) is 0 Å². The van der Waals surface area contributed by atoms with Crippen LogP contribution in [0.4, 0.5) is 0 Å². The Kier molecular flexibility index (Phi) is 12.0. The molecule has 7 heteroatoms. The number of nitrogens with one attached hydrogen (secondary N) is 1. The van der Waals surface area contributed by atoms with Crippen molar-refractivity contribution in [3.05, 3.63) is 35.9 Å². The minimum atomic E-state index is -0.584. The van der Waals surface area contributed by atoms with Crippen molar-refractivity contribution in [2.45, 2.75) is 45.3 Å². The second-order valence-corrected chi connectivity index (χ2v) is 8.31. The Morgan fingerprint density at radius 2 is 1.97 bits per heavy atom. The molecule has 0 aliphatic carbocycles. The lowest BCUT2D eigenvalue weighted by Gasteiger charge is -2.29. The SMILES string of the molecule is CCNC(=NCC(O)COCc1ccccc1)N1CCC(CN2CCCCC2)C1.I. The molecule has 1 aromatic rings. The summed E-state index contributed by atoms with van der Waals surface area (Å²) in [6.07, 6.45) is 4.74. The lowest BCUT2D eigenvalue weighted by atomic mass is 10.1. The molecule has 0 aromatic heterocycles. The second-order valence-electron chi connectivity index (χ2n) is 8.31. The molecule has 170 valence electrons. The van der Waals surface area contributed by atoms with Crippen molar-refractivity contribution in [3.63, 3.8) is 0 Å². The number of guanidine groups is 1. The summed E-state index contributed by atoms with van der Waals surface area (Å²) in [5.41, 5.74) is 1.12. The largest absolute Gasteiger partial charge is 0.389 e. The van der Waals surface area contributed by atoms with Gasteiger partial charge in [-0.1, -0.05) is 36.8 Å². The first-order chi connectivity index (χ1) is 14.2. The normalized spacial score (nSPS) is 21.3. The number of aliphatic imine (C=N–C) groups is 1. The van der Waals surface area contributed by atoms with Crippen molar-refractivity contribution < 1.29 is 9.84 Å². The summed E-state index contributed by atoms with van der Waals surface area (Å²) in [6, 6.07) is 10.0. The molecule has 2 aliphatic rings. The number of hydrogen-bond acceptors (Lipinski definition) is 4. The van der Waals surface area contributed by atoms with E-state index in [2.05, 4.69) is 22.0 Å². The first-order valence-electron chi connectivity index (χ1n) is 11.3. The Morgan fingerprint density at radius 3 is 2.70 bits per heavy atom. The van der Waals surface area contributed by atoms with E-state index < -0.39 is 6.10 Å². The number of aliphatic hydroxyl groups is 1. The number of benzene rings is 1. The van der Waals surface area contributed by atoms with Crippen molar-refractivity contribution in [1.29, 1.82) is 0 Å². The highest BCUT2D eigenvalue weighted by molar-refractivity contribution is 14.0. The number of piperidine rings is 1. The van der Waals surface area contributed by atoms with Crippen LogP contribution in [0, 0.1) is 5.92 Å². The first kappa shape index (κ1) is 25.4. The summed E-state index contributed by atoms with van der Waals surface area (Å²) >= 11 is 0. The number of likely N-dealkylation sites (tertiary alicyclic amines) is 2. The molecule has 6 nitrogen and oxygen atoms in total. The van der Waals surface area contributed by atoms with Gasteiger partial charge in [-0.2, -0.15) is 0 Å². The van der Waals surface area contributed by atoms with Crippen LogP contribution in [0.25, 0.3) is 0 Å². The Morgan fingerprint density at radius 1 is 1.20 bits per heavy atom. The molecule has 2 heterocycles. The molecule has 0 spiro atoms. The molecule has 2 fully saturated rings. The maximum absolute atomic E-state index is 10.3. The molecule has 0 amide bonds. The standard InChI is InChI=1S/C23H38N4O2.HI/c1-2-24-23(25-15-22(28)19-29-18-20-9-5-3-6-10-20)27-14-11-21(17-27)16-26-12-7-4-8-13-26;/h3,5-6,9-10,21-22,28H,2,4,7-8,11-19H2,1H3,(H,24,25);1H. The van der Waals surface area contributed by atoms with Gasteiger partial charge < -0.3 is 25.0 Å². The Bertz CT molecular complexity index is 610. The molecule has 2 aliphatic heterocycles. The Hall–Kier alpha value is -0.900. The highest BCUT2D eigenvalue weighted by Gasteiger charge is 2.27. The lowest BCUT2D eigenvalue weighted by molar-refractivity contribution is 0.0330. The van der Waals surface area contributed by atoms with Crippen LogP contribution in [0.1, 0.15) is 38.2 Å². The van der Waals surface area contributed by atoms with Crippen LogP contribution in [0.15, 0.2) is 35.3 Å². The van der Waals surface area contributed by atoms with E-state index in [0.717, 1.165) is 37.1 Å². The van der Waals surface area contributed by atoms with E-state index in [1.807, 2.05) is 30.3 Å². The van der Waals surface area contributed by atoms with Crippen LogP contribution in [-0.2, 0) is 11.3 Å². The molecule has 30 heavy (non-hydrogen) atoms. The van der Waals surface area contributed by atoms with Gasteiger partial charge in [0.1, 0.15) is 0 Å². The molecule has 0 bridgehead atoms. The monoisotopic (exact) mass is 530 g/mol. The van der Waals surface area contributed by atoms with E-state index in [4.69, 9.17) is 9.73 Å². The van der Waals surface area contributed by atoms with E-state index >= 15 is 0 Å². The van der Waals surface area contributed by atoms with Crippen LogP contribution >= 0.6 is 24.0 Å². The van der Waals surface area contributed by atoms with E-state index in [1.54, 1.807) is 0 Å². The maximum Gasteiger partial charge on any atom is 0.194 e. The fourth-order valence-electron chi connectivity index (χ4n) is 4.24. The van der Waals surface area contributed by atoms with Gasteiger partial charge in [-0.15, -0.1) is 24.0 Å². The predicted octanol–water partition coefficient (Wildman–Crippen LogP) is 2.96. The van der Waals surface area contributed by atoms with Crippen molar-refractivity contribution in [1.82, 2.24) is 15.1 Å². The molecule has 0 radical (unpaired) electrons. The van der Waals surface area contributed by atoms with Crippen LogP contribution in [0.5, 0.6) is 0 Å². The lowest BCUT2D eigenvalue weighted by Crippen LogP contribution is -2.41. The molecule has 2 N–H and O–H groups in total. The minimum absolute atomic E-state index is 0. The number of nitrogens with zero attached hydrogens (tertiary/aromatic N) is 3. The summed E-state index contributed by atoms with van der Waals surface area (Å²) in [5, 5.41) is 13.7. The Labute approximate surface area is 199 Å². The van der Waals surface area contributed by atoms with Gasteiger partial charge in [0.25, 0.3) is 0 Å². The highest BCUT2D eigenvalue weighted by Crippen LogP contribution is 2.20. The zero-order valence-electron chi connectivity index (χ0n) is 18.3. The summed E-state index contributed by atoms with van der Waals surface area (Å²) in [7, 11) is 0. The average molecular weight is 530 g/mol. The molecular weight excluding hydrogens is 491 g/mol. The summed E-state index contributed by atoms with van der Waals surface area (Å²) < 4.78 is 5.64. The van der Waals surface area contributed by atoms with Crippen molar-refractivity contribution >= 4 is 29.9 Å². The minimum Gasteiger partial charge on any atom is -0.389 e. The molecule has 0 saturated carbocycles. The fraction of sp³-hybridized carbons (Fsp3) is 0.696. The van der Waals surface area contributed by atoms with Crippen LogP contribution in [0.3, 0.4) is 0 Å². The number of ether oxygens (including phenoxy) is 1. The first-order valence-corrected chi connectivity index (χ1v) is 11.3. The van der Waals surface area contributed by atoms with E-state index in [9.17, 15) is 5.11 Å². The number of halogens is 1. The van der Waals surface area contributed by atoms with Gasteiger partial charge in [0, 0.05) is 26.2 Å². The maximum atomic E-state index is 10.3. The Balaban J connectivity index is 0.00000320. The van der Waals surface area contributed by atoms with Gasteiger partial charge >= 0.3 is 0 Å². The quantitative estimate of drug-likeness (QED) is 0.292. The van der Waals surface area contributed by atoms with Gasteiger partial charge in [0.15, 0.2) is 5.96 Å². The van der Waals surface area contributed by atoms with Crippen LogP contribution in [0.2, 0.25) is 0 Å². The average Bonchev–Trinajstić information content (AvgIpc) is 3.21. The highest BCUT2D eigenvalue weighted by atomic mass is 127. The number of hydrogen-bond donors (Lipinski definition) is 2. The zero-order chi connectivity index (χ0) is 20.3. The van der Waals surface area contributed by atoms with E-state index in [0.29, 0.717) is 19.8 Å². The summed E-state index contributed by atoms with van der Waals surface area (Å²) in [5.74, 6) is 1.65. The van der Waals surface area contributed by atoms with Gasteiger partial charge in [-0.05, 0) is 50.8 Å². The number of rotatable bonds is 9. The van der Waals surface area contributed by atoms with Crippen molar-refractivity contribution in [2.75, 3.05) is 52.4 Å². The van der Waals surface area contributed by atoms with Crippen LogP contribution < -0.4 is 5.32 Å². The van der Waals surface area contributed by atoms with Crippen molar-refractivity contribution in [3.8, 4) is 0 Å². The molecule has 2 unspecified atom stereocenters. The summed E-state index contributed by atoms with van der Waals surface area (Å²) in [6.45, 7) is 9.97. The molecular formula is C23H39IN4O2. The van der Waals surface area contributed by atoms with E-state index in [1.165, 1.54) is 45.3 Å². The van der Waals surface area contributed by atoms with E-state index in [-0.39, 0.29) is 24.0 Å². The molecule has 2 saturated heterocycles. The zero-order valence-corrected chi connectivity index (χ0v) is 20.7. The third kappa shape index (κ3) is 8.69. The molecule has 2 atom stereocenters. The van der Waals surface area contributed by atoms with Gasteiger partial charge in [0.05, 0.1) is 25.9 Å². The third-order valence-electron chi connectivity index (χ3n) is 5.76. The van der Waals surface area contributed by atoms with Gasteiger partial charge in [0.2, 0.25) is 0 Å². The smallest absolute Gasteiger partial charge is 0.194 e. The topological polar surface area (TPSA) is 60.3 Å². The molecule has 1 aromatic carbocycles. The number of aliphatic hydroxyl groups excluding tert-OH is 1. The fourth-order valence-corrected chi connectivity index (χ4v) is 4.24. The third-order valence-corrected chi connectivity index (χ3v) is 5.76. The molecule has 3 rings (SSSR count). The van der Waals surface area contributed by atoms with Crippen molar-refractivity contribution in [2.24, 2.45) is 10.9 Å². The summed E-state index contributed by atoms with van der Waals surface area (Å²) in [4.78, 5) is 9.68. The predicted molar refractivity (Wildman–Crippen MR) is 133 cm³/mol.